The third-order valence-corrected chi connectivity index (χ3v) is 1.09. The number of hydrogen-bond donors (Lipinski definition) is 0. The largest absolute Gasteiger partial charge is 0.369 e. The number of hydrogen-bond acceptors (Lipinski definition) is 2. The average molecular weight is 138 g/mol. The second kappa shape index (κ2) is 3.94. The Bertz CT molecular complexity index is 161. The van der Waals surface area contributed by atoms with Crippen LogP contribution in [0.5, 0.6) is 0 Å². The van der Waals surface area contributed by atoms with Gasteiger partial charge in [0, 0.05) is 14.1 Å². The Morgan fingerprint density at radius 3 is 2.10 bits per heavy atom. The van der Waals surface area contributed by atoms with Crippen molar-refractivity contribution in [2.24, 2.45) is 5.92 Å². The molecule has 10 heavy (non-hydrogen) atoms. The molecule has 0 rings (SSSR count). The summed E-state index contributed by atoms with van der Waals surface area (Å²) in [5.74, 6) is 0.442. The Kier molecular flexibility index (Phi) is 3.56. The van der Waals surface area contributed by atoms with Crippen molar-refractivity contribution in [1.29, 1.82) is 5.26 Å². The Morgan fingerprint density at radius 1 is 1.50 bits per heavy atom. The summed E-state index contributed by atoms with van der Waals surface area (Å²) in [6.45, 7) is 4.11. The zero-order valence-corrected chi connectivity index (χ0v) is 7.05. The fourth-order valence-electron chi connectivity index (χ4n) is 0.602. The average Bonchev–Trinajstić information content (AvgIpc) is 1.81. The molecular weight excluding hydrogens is 124 g/mol. The molecule has 0 aromatic rings. The molecule has 0 amide bonds. The third kappa shape index (κ3) is 3.13. The molecule has 0 heterocycles. The van der Waals surface area contributed by atoms with Gasteiger partial charge in [0.25, 0.3) is 0 Å². The van der Waals surface area contributed by atoms with Crippen LogP contribution in [0, 0.1) is 17.2 Å². The highest BCUT2D eigenvalue weighted by Gasteiger charge is 1.97. The molecule has 0 aliphatic heterocycles. The van der Waals surface area contributed by atoms with Crippen molar-refractivity contribution >= 4 is 0 Å². The lowest BCUT2D eigenvalue weighted by Gasteiger charge is -2.10. The normalized spacial score (nSPS) is 11.4. The van der Waals surface area contributed by atoms with Gasteiger partial charge in [0.15, 0.2) is 0 Å². The lowest BCUT2D eigenvalue weighted by molar-refractivity contribution is 0.525. The summed E-state index contributed by atoms with van der Waals surface area (Å²) in [6, 6.07) is 2.12. The molecule has 0 saturated heterocycles. The molecule has 0 aromatic heterocycles. The Hall–Kier alpha value is -0.970. The molecule has 0 radical (unpaired) electrons. The molecule has 0 aliphatic rings. The lowest BCUT2D eigenvalue weighted by atomic mass is 10.2. The summed E-state index contributed by atoms with van der Waals surface area (Å²) < 4.78 is 0. The van der Waals surface area contributed by atoms with Crippen molar-refractivity contribution < 1.29 is 0 Å². The molecule has 0 bridgehead atoms. The van der Waals surface area contributed by atoms with E-state index in [0.717, 1.165) is 5.70 Å². The van der Waals surface area contributed by atoms with Gasteiger partial charge in [-0.2, -0.15) is 5.26 Å². The highest BCUT2D eigenvalue weighted by Crippen LogP contribution is 2.02. The first-order chi connectivity index (χ1) is 4.57. The summed E-state index contributed by atoms with van der Waals surface area (Å²) in [5, 5.41) is 8.59. The zero-order chi connectivity index (χ0) is 8.15. The van der Waals surface area contributed by atoms with E-state index in [4.69, 9.17) is 5.26 Å². The number of allylic oxidation sites excluding steroid dienone is 2. The summed E-state index contributed by atoms with van der Waals surface area (Å²) in [6.07, 6.45) is 1.94. The van der Waals surface area contributed by atoms with E-state index >= 15 is 0 Å². The lowest BCUT2D eigenvalue weighted by Crippen LogP contribution is -2.10. The van der Waals surface area contributed by atoms with Gasteiger partial charge < -0.3 is 4.90 Å². The molecule has 0 N–H and O–H groups in total. The van der Waals surface area contributed by atoms with E-state index in [-0.39, 0.29) is 0 Å². The molecule has 56 valence electrons. The van der Waals surface area contributed by atoms with Crippen LogP contribution >= 0.6 is 0 Å². The maximum atomic E-state index is 8.59. The molecule has 2 heteroatoms. The van der Waals surface area contributed by atoms with Gasteiger partial charge in [0.2, 0.25) is 0 Å². The minimum Gasteiger partial charge on any atom is -0.369 e. The molecule has 0 aromatic carbocycles. The van der Waals surface area contributed by atoms with Gasteiger partial charge in [-0.1, -0.05) is 13.8 Å². The van der Waals surface area contributed by atoms with Crippen molar-refractivity contribution in [2.45, 2.75) is 13.8 Å². The van der Waals surface area contributed by atoms with E-state index in [2.05, 4.69) is 19.9 Å². The molecule has 0 atom stereocenters. The van der Waals surface area contributed by atoms with Gasteiger partial charge in [-0.05, 0) is 12.0 Å². The van der Waals surface area contributed by atoms with Gasteiger partial charge >= 0.3 is 0 Å². The first-order valence-electron chi connectivity index (χ1n) is 3.37. The maximum absolute atomic E-state index is 8.59. The maximum Gasteiger partial charge on any atom is 0.117 e. The van der Waals surface area contributed by atoms with Crippen LogP contribution in [-0.2, 0) is 0 Å². The summed E-state index contributed by atoms with van der Waals surface area (Å²) in [5.41, 5.74) is 0.731. The van der Waals surface area contributed by atoms with E-state index in [1.165, 1.54) is 0 Å². The van der Waals surface area contributed by atoms with E-state index < -0.39 is 0 Å². The molecule has 0 unspecified atom stereocenters. The number of nitriles is 1. The molecule has 0 fully saturated rings. The molecule has 0 spiro atoms. The predicted octanol–water partition coefficient (Wildman–Crippen LogP) is 1.61. The molecule has 2 nitrogen and oxygen atoms in total. The standard InChI is InChI=1S/C8H14N2/c1-7(2)5-8(6-9)10(3)4/h5,7H,1-4H3. The quantitative estimate of drug-likeness (QED) is 0.542. The van der Waals surface area contributed by atoms with Crippen molar-refractivity contribution in [3.63, 3.8) is 0 Å². The second-order valence-corrected chi connectivity index (χ2v) is 2.80. The van der Waals surface area contributed by atoms with E-state index in [9.17, 15) is 0 Å². The van der Waals surface area contributed by atoms with Crippen LogP contribution < -0.4 is 0 Å². The minimum atomic E-state index is 0.442. The highest BCUT2D eigenvalue weighted by molar-refractivity contribution is 5.18. The number of rotatable bonds is 2. The van der Waals surface area contributed by atoms with Gasteiger partial charge in [-0.15, -0.1) is 0 Å². The van der Waals surface area contributed by atoms with E-state index in [1.807, 2.05) is 25.1 Å². The van der Waals surface area contributed by atoms with Crippen LogP contribution in [0.25, 0.3) is 0 Å². The Morgan fingerprint density at radius 2 is 2.00 bits per heavy atom. The smallest absolute Gasteiger partial charge is 0.117 e. The first kappa shape index (κ1) is 9.03. The topological polar surface area (TPSA) is 27.0 Å². The van der Waals surface area contributed by atoms with Crippen LogP contribution in [0.2, 0.25) is 0 Å². The zero-order valence-electron chi connectivity index (χ0n) is 7.05. The van der Waals surface area contributed by atoms with Crippen LogP contribution in [0.15, 0.2) is 11.8 Å². The Balaban J connectivity index is 4.23. The van der Waals surface area contributed by atoms with Crippen LogP contribution in [-0.4, -0.2) is 19.0 Å². The van der Waals surface area contributed by atoms with Crippen molar-refractivity contribution in [1.82, 2.24) is 4.90 Å². The SMILES string of the molecule is CC(C)C=C(C#N)N(C)C. The fraction of sp³-hybridized carbons (Fsp3) is 0.625. The van der Waals surface area contributed by atoms with Gasteiger partial charge in [0.1, 0.15) is 11.8 Å². The Labute approximate surface area is 62.8 Å². The number of nitrogens with zero attached hydrogens (tertiary/aromatic N) is 2. The van der Waals surface area contributed by atoms with Gasteiger partial charge in [-0.3, -0.25) is 0 Å². The molecule has 0 saturated carbocycles. The van der Waals surface area contributed by atoms with Crippen LogP contribution in [0.3, 0.4) is 0 Å². The van der Waals surface area contributed by atoms with Crippen molar-refractivity contribution in [3.8, 4) is 6.07 Å². The predicted molar refractivity (Wildman–Crippen MR) is 42.2 cm³/mol. The third-order valence-electron chi connectivity index (χ3n) is 1.09. The molecule has 0 aliphatic carbocycles. The summed E-state index contributed by atoms with van der Waals surface area (Å²) in [4.78, 5) is 1.82. The highest BCUT2D eigenvalue weighted by atomic mass is 15.1. The van der Waals surface area contributed by atoms with Gasteiger partial charge in [-0.25, -0.2) is 0 Å². The summed E-state index contributed by atoms with van der Waals surface area (Å²) in [7, 11) is 3.74. The summed E-state index contributed by atoms with van der Waals surface area (Å²) >= 11 is 0. The van der Waals surface area contributed by atoms with Crippen LogP contribution in [0.4, 0.5) is 0 Å². The minimum absolute atomic E-state index is 0.442. The van der Waals surface area contributed by atoms with Crippen LogP contribution in [0.1, 0.15) is 13.8 Å². The van der Waals surface area contributed by atoms with E-state index in [1.54, 1.807) is 0 Å². The first-order valence-corrected chi connectivity index (χ1v) is 3.37. The van der Waals surface area contributed by atoms with Crippen molar-refractivity contribution in [3.05, 3.63) is 11.8 Å². The fourth-order valence-corrected chi connectivity index (χ4v) is 0.602. The second-order valence-electron chi connectivity index (χ2n) is 2.80. The van der Waals surface area contributed by atoms with E-state index in [0.29, 0.717) is 5.92 Å². The molecular formula is C8H14N2. The van der Waals surface area contributed by atoms with Crippen molar-refractivity contribution in [2.75, 3.05) is 14.1 Å². The van der Waals surface area contributed by atoms with Gasteiger partial charge in [0.05, 0.1) is 0 Å². The monoisotopic (exact) mass is 138 g/mol.